The van der Waals surface area contributed by atoms with Gasteiger partial charge in [-0.05, 0) is 5.75 Å². The summed E-state index contributed by atoms with van der Waals surface area (Å²) in [6, 6.07) is 0. The van der Waals surface area contributed by atoms with E-state index in [4.69, 9.17) is 15.0 Å². The minimum absolute atomic E-state index is 0.348. The molecule has 6 heteroatoms. The summed E-state index contributed by atoms with van der Waals surface area (Å²) in [5, 5.41) is 3.81. The molecule has 0 amide bonds. The number of rotatable bonds is 7. The third-order valence-corrected chi connectivity index (χ3v) is 2.30. The lowest BCUT2D eigenvalue weighted by molar-refractivity contribution is 0.104. The molecule has 14 heavy (non-hydrogen) atoms. The quantitative estimate of drug-likeness (QED) is 0.681. The number of ether oxygens (including phenoxy) is 1. The van der Waals surface area contributed by atoms with Crippen molar-refractivity contribution in [3.63, 3.8) is 0 Å². The van der Waals surface area contributed by atoms with E-state index < -0.39 is 0 Å². The summed E-state index contributed by atoms with van der Waals surface area (Å²) < 4.78 is 10.1. The third-order valence-electron chi connectivity index (χ3n) is 1.43. The third kappa shape index (κ3) is 4.08. The van der Waals surface area contributed by atoms with Crippen LogP contribution in [0.1, 0.15) is 18.6 Å². The molecule has 1 aromatic heterocycles. The second-order valence-corrected chi connectivity index (χ2v) is 3.86. The first-order chi connectivity index (χ1) is 6.86. The lowest BCUT2D eigenvalue weighted by atomic mass is 10.6. The number of nitrogens with two attached hydrogens (primary N) is 1. The lowest BCUT2D eigenvalue weighted by Gasteiger charge is -1.95. The smallest absolute Gasteiger partial charge is 0.252 e. The molecular weight excluding hydrogens is 202 g/mol. The normalized spacial score (nSPS) is 10.7. The van der Waals surface area contributed by atoms with E-state index in [0.717, 1.165) is 17.3 Å². The van der Waals surface area contributed by atoms with Crippen LogP contribution >= 0.6 is 11.8 Å². The Morgan fingerprint density at radius 3 is 3.14 bits per heavy atom. The molecule has 0 fully saturated rings. The van der Waals surface area contributed by atoms with Crippen molar-refractivity contribution in [2.75, 3.05) is 18.9 Å². The minimum atomic E-state index is 0.348. The topological polar surface area (TPSA) is 74.2 Å². The first-order valence-corrected chi connectivity index (χ1v) is 5.69. The molecule has 1 rings (SSSR count). The predicted octanol–water partition coefficient (Wildman–Crippen LogP) is 0.798. The molecule has 0 saturated carbocycles. The molecule has 1 heterocycles. The Bertz CT molecular complexity index is 254. The van der Waals surface area contributed by atoms with Crippen LogP contribution in [-0.2, 0) is 17.1 Å². The van der Waals surface area contributed by atoms with Crippen molar-refractivity contribution in [1.29, 1.82) is 0 Å². The van der Waals surface area contributed by atoms with Gasteiger partial charge in [0.25, 0.3) is 5.89 Å². The molecule has 0 aliphatic carbocycles. The SMILES string of the molecule is CCSCc1noc(COCCN)n1. The molecule has 0 radical (unpaired) electrons. The maximum atomic E-state index is 5.27. The highest BCUT2D eigenvalue weighted by molar-refractivity contribution is 7.98. The van der Waals surface area contributed by atoms with Gasteiger partial charge in [0.2, 0.25) is 0 Å². The monoisotopic (exact) mass is 217 g/mol. The van der Waals surface area contributed by atoms with Crippen molar-refractivity contribution in [3.05, 3.63) is 11.7 Å². The molecule has 0 saturated heterocycles. The summed E-state index contributed by atoms with van der Waals surface area (Å²) in [5.74, 6) is 3.08. The fraction of sp³-hybridized carbons (Fsp3) is 0.750. The molecule has 0 bridgehead atoms. The van der Waals surface area contributed by atoms with Crippen LogP contribution in [0.2, 0.25) is 0 Å². The highest BCUT2D eigenvalue weighted by Gasteiger charge is 2.05. The fourth-order valence-electron chi connectivity index (χ4n) is 0.844. The van der Waals surface area contributed by atoms with E-state index in [-0.39, 0.29) is 0 Å². The van der Waals surface area contributed by atoms with Crippen molar-refractivity contribution in [1.82, 2.24) is 10.1 Å². The van der Waals surface area contributed by atoms with Gasteiger partial charge in [0.1, 0.15) is 6.61 Å². The van der Waals surface area contributed by atoms with E-state index in [0.29, 0.717) is 25.6 Å². The zero-order valence-electron chi connectivity index (χ0n) is 8.23. The van der Waals surface area contributed by atoms with Gasteiger partial charge >= 0.3 is 0 Å². The average molecular weight is 217 g/mol. The van der Waals surface area contributed by atoms with Crippen LogP contribution in [0.3, 0.4) is 0 Å². The number of hydrogen-bond acceptors (Lipinski definition) is 6. The van der Waals surface area contributed by atoms with E-state index in [1.54, 1.807) is 11.8 Å². The molecule has 1 aromatic rings. The van der Waals surface area contributed by atoms with Crippen LogP contribution < -0.4 is 5.73 Å². The van der Waals surface area contributed by atoms with Gasteiger partial charge in [-0.1, -0.05) is 12.1 Å². The Hall–Kier alpha value is -0.590. The Labute approximate surface area is 87.4 Å². The van der Waals surface area contributed by atoms with E-state index in [1.807, 2.05) is 0 Å². The number of hydrogen-bond donors (Lipinski definition) is 1. The Kier molecular flexibility index (Phi) is 5.58. The maximum absolute atomic E-state index is 5.27. The molecule has 0 aliphatic rings. The van der Waals surface area contributed by atoms with Crippen molar-refractivity contribution < 1.29 is 9.26 Å². The van der Waals surface area contributed by atoms with Gasteiger partial charge in [0, 0.05) is 6.54 Å². The predicted molar refractivity (Wildman–Crippen MR) is 54.8 cm³/mol. The first kappa shape index (κ1) is 11.5. The Morgan fingerprint density at radius 1 is 1.57 bits per heavy atom. The van der Waals surface area contributed by atoms with Crippen LogP contribution in [0, 0.1) is 0 Å². The second-order valence-electron chi connectivity index (χ2n) is 2.58. The Balaban J connectivity index is 2.27. The zero-order valence-corrected chi connectivity index (χ0v) is 9.05. The van der Waals surface area contributed by atoms with Gasteiger partial charge in [0.15, 0.2) is 5.82 Å². The van der Waals surface area contributed by atoms with Crippen molar-refractivity contribution in [2.24, 2.45) is 5.73 Å². The van der Waals surface area contributed by atoms with Gasteiger partial charge in [-0.25, -0.2) is 0 Å². The van der Waals surface area contributed by atoms with Gasteiger partial charge in [-0.15, -0.1) is 0 Å². The number of aromatic nitrogens is 2. The average Bonchev–Trinajstić information content (AvgIpc) is 2.63. The molecular formula is C8H15N3O2S. The minimum Gasteiger partial charge on any atom is -0.370 e. The summed E-state index contributed by atoms with van der Waals surface area (Å²) in [6.45, 7) is 3.46. The molecule has 5 nitrogen and oxygen atoms in total. The molecule has 0 unspecified atom stereocenters. The molecule has 80 valence electrons. The van der Waals surface area contributed by atoms with E-state index in [1.165, 1.54) is 0 Å². The van der Waals surface area contributed by atoms with Gasteiger partial charge in [0.05, 0.1) is 12.4 Å². The summed E-state index contributed by atoms with van der Waals surface area (Å²) in [5.41, 5.74) is 5.27. The Morgan fingerprint density at radius 2 is 2.43 bits per heavy atom. The van der Waals surface area contributed by atoms with Crippen molar-refractivity contribution in [2.45, 2.75) is 19.3 Å². The molecule has 0 aromatic carbocycles. The van der Waals surface area contributed by atoms with E-state index in [9.17, 15) is 0 Å². The first-order valence-electron chi connectivity index (χ1n) is 4.53. The summed E-state index contributed by atoms with van der Waals surface area (Å²) in [4.78, 5) is 4.16. The van der Waals surface area contributed by atoms with Gasteiger partial charge in [-0.3, -0.25) is 0 Å². The summed E-state index contributed by atoms with van der Waals surface area (Å²) in [6.07, 6.45) is 0. The van der Waals surface area contributed by atoms with Crippen LogP contribution in [-0.4, -0.2) is 29.0 Å². The van der Waals surface area contributed by atoms with Crippen LogP contribution in [0.4, 0.5) is 0 Å². The fourth-order valence-corrected chi connectivity index (χ4v) is 1.35. The van der Waals surface area contributed by atoms with Gasteiger partial charge < -0.3 is 15.0 Å². The number of thioether (sulfide) groups is 1. The number of nitrogens with zero attached hydrogens (tertiary/aromatic N) is 2. The van der Waals surface area contributed by atoms with Crippen molar-refractivity contribution in [3.8, 4) is 0 Å². The molecule has 0 aliphatic heterocycles. The second kappa shape index (κ2) is 6.80. The van der Waals surface area contributed by atoms with E-state index >= 15 is 0 Å². The molecule has 0 spiro atoms. The highest BCUT2D eigenvalue weighted by Crippen LogP contribution is 2.08. The lowest BCUT2D eigenvalue weighted by Crippen LogP contribution is -2.08. The van der Waals surface area contributed by atoms with E-state index in [2.05, 4.69) is 17.1 Å². The van der Waals surface area contributed by atoms with Gasteiger partial charge in [-0.2, -0.15) is 16.7 Å². The zero-order chi connectivity index (χ0) is 10.2. The standard InChI is InChI=1S/C8H15N3O2S/c1-2-14-6-7-10-8(13-11-7)5-12-4-3-9/h2-6,9H2,1H3. The van der Waals surface area contributed by atoms with Crippen LogP contribution in [0.15, 0.2) is 4.52 Å². The largest absolute Gasteiger partial charge is 0.370 e. The summed E-state index contributed by atoms with van der Waals surface area (Å²) >= 11 is 1.76. The highest BCUT2D eigenvalue weighted by atomic mass is 32.2. The van der Waals surface area contributed by atoms with Crippen LogP contribution in [0.25, 0.3) is 0 Å². The molecule has 0 atom stereocenters. The maximum Gasteiger partial charge on any atom is 0.252 e. The van der Waals surface area contributed by atoms with Crippen molar-refractivity contribution >= 4 is 11.8 Å². The molecule has 2 N–H and O–H groups in total. The van der Waals surface area contributed by atoms with Crippen LogP contribution in [0.5, 0.6) is 0 Å². The summed E-state index contributed by atoms with van der Waals surface area (Å²) in [7, 11) is 0.